The molecular formula is C32H40ClN3O4S. The highest BCUT2D eigenvalue weighted by molar-refractivity contribution is 7.92. The van der Waals surface area contributed by atoms with E-state index in [0.717, 1.165) is 33.8 Å². The highest BCUT2D eigenvalue weighted by Gasteiger charge is 2.34. The van der Waals surface area contributed by atoms with Gasteiger partial charge < -0.3 is 10.2 Å². The molecule has 0 heterocycles. The number of unbranched alkanes of at least 4 members (excludes halogenated alkanes) is 1. The number of nitrogens with one attached hydrogen (secondary N) is 1. The number of rotatable bonds is 13. The molecule has 0 bridgehead atoms. The van der Waals surface area contributed by atoms with Gasteiger partial charge in [0.05, 0.1) is 10.6 Å². The molecule has 3 aromatic carbocycles. The Labute approximate surface area is 249 Å². The molecule has 41 heavy (non-hydrogen) atoms. The molecule has 1 N–H and O–H groups in total. The van der Waals surface area contributed by atoms with Crippen LogP contribution in [0.3, 0.4) is 0 Å². The van der Waals surface area contributed by atoms with Gasteiger partial charge in [-0.15, -0.1) is 0 Å². The summed E-state index contributed by atoms with van der Waals surface area (Å²) in [7, 11) is -4.14. The predicted molar refractivity (Wildman–Crippen MR) is 166 cm³/mol. The monoisotopic (exact) mass is 597 g/mol. The molecule has 7 nitrogen and oxygen atoms in total. The lowest BCUT2D eigenvalue weighted by atomic mass is 10.1. The first-order valence-corrected chi connectivity index (χ1v) is 15.8. The van der Waals surface area contributed by atoms with Crippen molar-refractivity contribution in [3.8, 4) is 0 Å². The van der Waals surface area contributed by atoms with Crippen LogP contribution in [-0.4, -0.2) is 44.3 Å². The van der Waals surface area contributed by atoms with E-state index in [1.54, 1.807) is 37.3 Å². The van der Waals surface area contributed by atoms with Crippen molar-refractivity contribution in [3.05, 3.63) is 94.0 Å². The van der Waals surface area contributed by atoms with Gasteiger partial charge in [-0.3, -0.25) is 13.9 Å². The van der Waals surface area contributed by atoms with Crippen LogP contribution in [0.15, 0.2) is 71.6 Å². The summed E-state index contributed by atoms with van der Waals surface area (Å²) >= 11 is 6.19. The van der Waals surface area contributed by atoms with Crippen molar-refractivity contribution in [2.24, 2.45) is 0 Å². The van der Waals surface area contributed by atoms with Crippen LogP contribution >= 0.6 is 11.6 Å². The second-order valence-electron chi connectivity index (χ2n) is 10.3. The Kier molecular flexibility index (Phi) is 11.4. The van der Waals surface area contributed by atoms with E-state index >= 15 is 0 Å². The van der Waals surface area contributed by atoms with Gasteiger partial charge in [0.15, 0.2) is 0 Å². The minimum Gasteiger partial charge on any atom is -0.354 e. The first kappa shape index (κ1) is 32.2. The second kappa shape index (κ2) is 14.5. The van der Waals surface area contributed by atoms with Crippen LogP contribution in [0.1, 0.15) is 55.4 Å². The van der Waals surface area contributed by atoms with Gasteiger partial charge in [-0.05, 0) is 80.6 Å². The van der Waals surface area contributed by atoms with Crippen LogP contribution in [0.25, 0.3) is 0 Å². The van der Waals surface area contributed by atoms with Crippen LogP contribution in [0.5, 0.6) is 0 Å². The van der Waals surface area contributed by atoms with E-state index in [-0.39, 0.29) is 17.3 Å². The average molecular weight is 598 g/mol. The van der Waals surface area contributed by atoms with Gasteiger partial charge in [-0.1, -0.05) is 73.8 Å². The minimum atomic E-state index is -4.14. The van der Waals surface area contributed by atoms with Crippen LogP contribution in [0.4, 0.5) is 5.69 Å². The normalized spacial score (nSPS) is 12.0. The zero-order valence-corrected chi connectivity index (χ0v) is 26.1. The molecule has 220 valence electrons. The summed E-state index contributed by atoms with van der Waals surface area (Å²) < 4.78 is 29.2. The molecule has 0 spiro atoms. The van der Waals surface area contributed by atoms with Gasteiger partial charge in [-0.2, -0.15) is 0 Å². The van der Waals surface area contributed by atoms with E-state index in [9.17, 15) is 18.0 Å². The van der Waals surface area contributed by atoms with Crippen molar-refractivity contribution in [1.82, 2.24) is 10.2 Å². The average Bonchev–Trinajstić information content (AvgIpc) is 2.93. The first-order valence-electron chi connectivity index (χ1n) is 14.0. The van der Waals surface area contributed by atoms with Crippen LogP contribution in [0, 0.1) is 20.8 Å². The number of sulfonamides is 1. The molecule has 0 radical (unpaired) electrons. The van der Waals surface area contributed by atoms with Gasteiger partial charge in [0.1, 0.15) is 12.6 Å². The molecule has 0 aliphatic carbocycles. The largest absolute Gasteiger partial charge is 0.354 e. The van der Waals surface area contributed by atoms with Gasteiger partial charge in [-0.25, -0.2) is 8.42 Å². The standard InChI is InChI=1S/C32H40ClN3O4S/c1-6-8-19-34-32(38)29(7-2)35(21-26-12-10-9-11-24(26)4)31(37)22-36(30-18-15-27(33)20-25(30)5)41(39,40)28-16-13-23(3)14-17-28/h9-18,20,29H,6-8,19,21-22H2,1-5H3,(H,34,38)/t29-/m1/s1. The van der Waals surface area contributed by atoms with E-state index in [4.69, 9.17) is 11.6 Å². The predicted octanol–water partition coefficient (Wildman–Crippen LogP) is 6.18. The van der Waals surface area contributed by atoms with Crippen molar-refractivity contribution in [1.29, 1.82) is 0 Å². The first-order chi connectivity index (χ1) is 19.5. The molecule has 0 aliphatic heterocycles. The zero-order chi connectivity index (χ0) is 30.2. The van der Waals surface area contributed by atoms with Gasteiger partial charge >= 0.3 is 0 Å². The maximum Gasteiger partial charge on any atom is 0.264 e. The Bertz CT molecular complexity index is 1460. The van der Waals surface area contributed by atoms with Crippen molar-refractivity contribution < 1.29 is 18.0 Å². The fourth-order valence-corrected chi connectivity index (χ4v) is 6.35. The van der Waals surface area contributed by atoms with E-state index < -0.39 is 28.5 Å². The van der Waals surface area contributed by atoms with E-state index in [1.807, 2.05) is 52.0 Å². The Morgan fingerprint density at radius 3 is 2.22 bits per heavy atom. The topological polar surface area (TPSA) is 86.8 Å². The van der Waals surface area contributed by atoms with Crippen LogP contribution < -0.4 is 9.62 Å². The molecular weight excluding hydrogens is 558 g/mol. The fraction of sp³-hybridized carbons (Fsp3) is 0.375. The van der Waals surface area contributed by atoms with Gasteiger partial charge in [0.25, 0.3) is 10.0 Å². The number of aryl methyl sites for hydroxylation is 3. The molecule has 3 aromatic rings. The Balaban J connectivity index is 2.08. The lowest BCUT2D eigenvalue weighted by Crippen LogP contribution is -2.52. The van der Waals surface area contributed by atoms with Crippen molar-refractivity contribution >= 4 is 39.1 Å². The summed E-state index contributed by atoms with van der Waals surface area (Å²) in [5, 5.41) is 3.41. The van der Waals surface area contributed by atoms with Crippen molar-refractivity contribution in [2.75, 3.05) is 17.4 Å². The number of benzene rings is 3. The highest BCUT2D eigenvalue weighted by atomic mass is 35.5. The third kappa shape index (κ3) is 8.11. The summed E-state index contributed by atoms with van der Waals surface area (Å²) in [6.45, 7) is 9.67. The molecule has 0 fully saturated rings. The van der Waals surface area contributed by atoms with E-state index in [1.165, 1.54) is 17.0 Å². The lowest BCUT2D eigenvalue weighted by Gasteiger charge is -2.34. The molecule has 9 heteroatoms. The number of hydrogen-bond donors (Lipinski definition) is 1. The number of carbonyl (C=O) groups is 2. The number of anilines is 1. The molecule has 0 unspecified atom stereocenters. The maximum atomic E-state index is 14.2. The molecule has 2 amide bonds. The number of amides is 2. The Hall–Kier alpha value is -3.36. The number of nitrogens with zero attached hydrogens (tertiary/aromatic N) is 2. The molecule has 1 atom stereocenters. The minimum absolute atomic E-state index is 0.0695. The fourth-order valence-electron chi connectivity index (χ4n) is 4.65. The molecule has 3 rings (SSSR count). The highest BCUT2D eigenvalue weighted by Crippen LogP contribution is 2.30. The number of halogens is 1. The summed E-state index contributed by atoms with van der Waals surface area (Å²) in [6, 6.07) is 18.3. The summed E-state index contributed by atoms with van der Waals surface area (Å²) in [5.41, 5.74) is 3.73. The maximum absolute atomic E-state index is 14.2. The third-order valence-electron chi connectivity index (χ3n) is 7.13. The Morgan fingerprint density at radius 1 is 0.927 bits per heavy atom. The van der Waals surface area contributed by atoms with Crippen molar-refractivity contribution in [3.63, 3.8) is 0 Å². The molecule has 0 aromatic heterocycles. The number of hydrogen-bond acceptors (Lipinski definition) is 4. The summed E-state index contributed by atoms with van der Waals surface area (Å²) in [5.74, 6) is -0.728. The Morgan fingerprint density at radius 2 is 1.61 bits per heavy atom. The smallest absolute Gasteiger partial charge is 0.264 e. The van der Waals surface area contributed by atoms with Crippen LogP contribution in [-0.2, 0) is 26.2 Å². The van der Waals surface area contributed by atoms with Gasteiger partial charge in [0.2, 0.25) is 11.8 Å². The van der Waals surface area contributed by atoms with E-state index in [2.05, 4.69) is 5.32 Å². The van der Waals surface area contributed by atoms with Crippen LogP contribution in [0.2, 0.25) is 5.02 Å². The van der Waals surface area contributed by atoms with E-state index in [0.29, 0.717) is 29.2 Å². The summed E-state index contributed by atoms with van der Waals surface area (Å²) in [4.78, 5) is 29.1. The molecule has 0 saturated heterocycles. The SMILES string of the molecule is CCCCNC(=O)[C@@H](CC)N(Cc1ccccc1C)C(=O)CN(c1ccc(Cl)cc1C)S(=O)(=O)c1ccc(C)cc1. The van der Waals surface area contributed by atoms with Gasteiger partial charge in [0, 0.05) is 18.1 Å². The molecule has 0 saturated carbocycles. The zero-order valence-electron chi connectivity index (χ0n) is 24.5. The molecule has 0 aliphatic rings. The second-order valence-corrected chi connectivity index (χ2v) is 12.6. The lowest BCUT2D eigenvalue weighted by molar-refractivity contribution is -0.140. The summed E-state index contributed by atoms with van der Waals surface area (Å²) in [6.07, 6.45) is 2.13. The quantitative estimate of drug-likeness (QED) is 0.238. The number of carbonyl (C=O) groups excluding carboxylic acids is 2. The third-order valence-corrected chi connectivity index (χ3v) is 9.14. The van der Waals surface area contributed by atoms with Crippen molar-refractivity contribution in [2.45, 2.75) is 71.4 Å².